The van der Waals surface area contributed by atoms with Crippen LogP contribution in [0, 0.1) is 11.6 Å². The molecule has 1 aromatic carbocycles. The highest BCUT2D eigenvalue weighted by atomic mass is 32.2. The third kappa shape index (κ3) is 3.47. The highest BCUT2D eigenvalue weighted by Gasteiger charge is 2.39. The van der Waals surface area contributed by atoms with E-state index >= 15 is 0 Å². The van der Waals surface area contributed by atoms with Crippen LogP contribution >= 0.6 is 0 Å². The van der Waals surface area contributed by atoms with Crippen LogP contribution in [0.4, 0.5) is 8.78 Å². The van der Waals surface area contributed by atoms with E-state index in [0.717, 1.165) is 6.07 Å². The first-order valence-electron chi connectivity index (χ1n) is 6.75. The first-order chi connectivity index (χ1) is 9.93. The first-order valence-corrected chi connectivity index (χ1v) is 8.48. The van der Waals surface area contributed by atoms with Crippen molar-refractivity contribution in [2.45, 2.75) is 25.6 Å². The molecule has 1 fully saturated rings. The molecule has 0 aromatic heterocycles. The van der Waals surface area contributed by atoms with Crippen LogP contribution in [0.1, 0.15) is 25.1 Å². The molecule has 1 aromatic rings. The maximum atomic E-state index is 14.0. The molecule has 21 heavy (non-hydrogen) atoms. The molecule has 1 saturated heterocycles. The van der Waals surface area contributed by atoms with E-state index < -0.39 is 34.6 Å². The zero-order valence-corrected chi connectivity index (χ0v) is 12.8. The van der Waals surface area contributed by atoms with E-state index in [1.165, 1.54) is 17.0 Å². The van der Waals surface area contributed by atoms with Crippen LogP contribution in [0.5, 0.6) is 0 Å². The number of nitrogens with zero attached hydrogens (tertiary/aromatic N) is 1. The number of amides is 1. The molecule has 1 aliphatic heterocycles. The summed E-state index contributed by atoms with van der Waals surface area (Å²) in [6.45, 7) is 2.13. The smallest absolute Gasteiger partial charge is 0.241 e. The Morgan fingerprint density at radius 2 is 2.10 bits per heavy atom. The van der Waals surface area contributed by atoms with Gasteiger partial charge >= 0.3 is 0 Å². The van der Waals surface area contributed by atoms with Gasteiger partial charge in [-0.05, 0) is 18.6 Å². The second-order valence-corrected chi connectivity index (χ2v) is 6.56. The summed E-state index contributed by atoms with van der Waals surface area (Å²) in [6.07, 6.45) is 1.48. The lowest BCUT2D eigenvalue weighted by molar-refractivity contribution is -0.129. The summed E-state index contributed by atoms with van der Waals surface area (Å²) in [5.74, 6) is -1.17. The Bertz CT molecular complexity index is 568. The fourth-order valence-corrected chi connectivity index (χ4v) is 2.87. The van der Waals surface area contributed by atoms with Gasteiger partial charge in [-0.1, -0.05) is 6.92 Å². The molecule has 1 N–H and O–H groups in total. The standard InChI is InChI=1S/C14H18F2N2O2S/c1-3-12-14(19)18(6-7-21(2)20)13(17-12)10-5-4-9(15)8-11(10)16/h4-5,8,12-13,17H,3,6-7H2,1-2H3. The molecule has 116 valence electrons. The molecule has 0 radical (unpaired) electrons. The predicted molar refractivity (Wildman–Crippen MR) is 77.0 cm³/mol. The Morgan fingerprint density at radius 1 is 1.38 bits per heavy atom. The van der Waals surface area contributed by atoms with Gasteiger partial charge in [-0.2, -0.15) is 0 Å². The highest BCUT2D eigenvalue weighted by Crippen LogP contribution is 2.28. The zero-order valence-electron chi connectivity index (χ0n) is 11.9. The predicted octanol–water partition coefficient (Wildman–Crippen LogP) is 1.55. The van der Waals surface area contributed by atoms with Crippen LogP contribution in [-0.4, -0.2) is 39.6 Å². The average molecular weight is 316 g/mol. The second kappa shape index (κ2) is 6.62. The number of rotatable bonds is 5. The van der Waals surface area contributed by atoms with E-state index in [0.29, 0.717) is 12.2 Å². The van der Waals surface area contributed by atoms with Crippen molar-refractivity contribution in [3.8, 4) is 0 Å². The van der Waals surface area contributed by atoms with Crippen LogP contribution in [-0.2, 0) is 15.6 Å². The number of carbonyl (C=O) groups excluding carboxylic acids is 1. The molecule has 0 aliphatic carbocycles. The number of benzene rings is 1. The molecule has 4 nitrogen and oxygen atoms in total. The van der Waals surface area contributed by atoms with Crippen molar-refractivity contribution in [1.82, 2.24) is 10.2 Å². The fraction of sp³-hybridized carbons (Fsp3) is 0.500. The van der Waals surface area contributed by atoms with Crippen molar-refractivity contribution < 1.29 is 17.8 Å². The summed E-state index contributed by atoms with van der Waals surface area (Å²) < 4.78 is 38.2. The number of hydrogen-bond acceptors (Lipinski definition) is 3. The van der Waals surface area contributed by atoms with Gasteiger partial charge in [-0.3, -0.25) is 14.3 Å². The third-order valence-electron chi connectivity index (χ3n) is 3.54. The highest BCUT2D eigenvalue weighted by molar-refractivity contribution is 7.84. The number of carbonyl (C=O) groups is 1. The maximum absolute atomic E-state index is 14.0. The van der Waals surface area contributed by atoms with E-state index in [1.54, 1.807) is 6.26 Å². The van der Waals surface area contributed by atoms with Gasteiger partial charge in [-0.25, -0.2) is 8.78 Å². The molecule has 3 unspecified atom stereocenters. The van der Waals surface area contributed by atoms with E-state index in [1.807, 2.05) is 6.92 Å². The van der Waals surface area contributed by atoms with Crippen molar-refractivity contribution in [3.05, 3.63) is 35.4 Å². The van der Waals surface area contributed by atoms with E-state index in [4.69, 9.17) is 0 Å². The van der Waals surface area contributed by atoms with Crippen LogP contribution < -0.4 is 5.32 Å². The maximum Gasteiger partial charge on any atom is 0.241 e. The molecule has 1 amide bonds. The van der Waals surface area contributed by atoms with Gasteiger partial charge in [-0.15, -0.1) is 0 Å². The number of nitrogens with one attached hydrogen (secondary N) is 1. The third-order valence-corrected chi connectivity index (χ3v) is 4.29. The molecule has 0 bridgehead atoms. The molecule has 1 aliphatic rings. The molecule has 0 spiro atoms. The number of hydrogen-bond donors (Lipinski definition) is 1. The second-order valence-electron chi connectivity index (χ2n) is 5.00. The van der Waals surface area contributed by atoms with Gasteiger partial charge in [0.2, 0.25) is 5.91 Å². The Labute approximate surface area is 125 Å². The van der Waals surface area contributed by atoms with E-state index in [-0.39, 0.29) is 18.0 Å². The van der Waals surface area contributed by atoms with Gasteiger partial charge in [0.05, 0.1) is 6.04 Å². The summed E-state index contributed by atoms with van der Waals surface area (Å²) in [5, 5.41) is 3.06. The van der Waals surface area contributed by atoms with Gasteiger partial charge in [0.25, 0.3) is 0 Å². The lowest BCUT2D eigenvalue weighted by atomic mass is 10.1. The van der Waals surface area contributed by atoms with Crippen LogP contribution in [0.25, 0.3) is 0 Å². The van der Waals surface area contributed by atoms with E-state index in [9.17, 15) is 17.8 Å². The Balaban J connectivity index is 2.29. The van der Waals surface area contributed by atoms with Crippen molar-refractivity contribution in [2.75, 3.05) is 18.6 Å². The molecule has 1 heterocycles. The van der Waals surface area contributed by atoms with Crippen molar-refractivity contribution in [2.24, 2.45) is 0 Å². The van der Waals surface area contributed by atoms with E-state index in [2.05, 4.69) is 5.32 Å². The minimum atomic E-state index is -1.05. The van der Waals surface area contributed by atoms with Crippen LogP contribution in [0.15, 0.2) is 18.2 Å². The topological polar surface area (TPSA) is 49.4 Å². The largest absolute Gasteiger partial charge is 0.321 e. The fourth-order valence-electron chi connectivity index (χ4n) is 2.42. The average Bonchev–Trinajstić information content (AvgIpc) is 2.73. The monoisotopic (exact) mass is 316 g/mol. The van der Waals surface area contributed by atoms with Gasteiger partial charge in [0.1, 0.15) is 17.8 Å². The quantitative estimate of drug-likeness (QED) is 0.897. The van der Waals surface area contributed by atoms with Gasteiger partial charge in [0.15, 0.2) is 0 Å². The lowest BCUT2D eigenvalue weighted by Gasteiger charge is -2.24. The minimum absolute atomic E-state index is 0.142. The lowest BCUT2D eigenvalue weighted by Crippen LogP contribution is -2.34. The molecule has 2 rings (SSSR count). The van der Waals surface area contributed by atoms with Crippen molar-refractivity contribution >= 4 is 16.7 Å². The van der Waals surface area contributed by atoms with Crippen molar-refractivity contribution in [3.63, 3.8) is 0 Å². The normalized spacial score (nSPS) is 23.6. The molecule has 0 saturated carbocycles. The molecular formula is C14H18F2N2O2S. The zero-order chi connectivity index (χ0) is 15.6. The van der Waals surface area contributed by atoms with Crippen molar-refractivity contribution in [1.29, 1.82) is 0 Å². The molecule has 7 heteroatoms. The summed E-state index contributed by atoms with van der Waals surface area (Å²) in [6, 6.07) is 2.91. The van der Waals surface area contributed by atoms with Gasteiger partial charge < -0.3 is 4.90 Å². The summed E-state index contributed by atoms with van der Waals surface area (Å²) in [4.78, 5) is 13.8. The summed E-state index contributed by atoms with van der Waals surface area (Å²) in [5.41, 5.74) is 0.225. The Hall–Kier alpha value is -1.34. The van der Waals surface area contributed by atoms with Gasteiger partial charge in [0, 0.05) is 41.0 Å². The summed E-state index contributed by atoms with van der Waals surface area (Å²) in [7, 11) is -1.05. The number of halogens is 2. The Kier molecular flexibility index (Phi) is 5.05. The minimum Gasteiger partial charge on any atom is -0.321 e. The molecular weight excluding hydrogens is 298 g/mol. The van der Waals surface area contributed by atoms with Crippen LogP contribution in [0.2, 0.25) is 0 Å². The molecule has 3 atom stereocenters. The summed E-state index contributed by atoms with van der Waals surface area (Å²) >= 11 is 0. The van der Waals surface area contributed by atoms with Crippen LogP contribution in [0.3, 0.4) is 0 Å². The SMILES string of the molecule is CCC1NC(c2ccc(F)cc2F)N(CCS(C)=O)C1=O. The Morgan fingerprint density at radius 3 is 2.67 bits per heavy atom. The first kappa shape index (κ1) is 16.0.